The van der Waals surface area contributed by atoms with Crippen molar-refractivity contribution in [3.8, 4) is 5.75 Å². The van der Waals surface area contributed by atoms with Crippen LogP contribution in [0.1, 0.15) is 23.7 Å². The molecule has 0 aliphatic rings. The van der Waals surface area contributed by atoms with Crippen molar-refractivity contribution in [1.29, 1.82) is 0 Å². The third-order valence-corrected chi connectivity index (χ3v) is 1.95. The fourth-order valence-corrected chi connectivity index (χ4v) is 1.14. The van der Waals surface area contributed by atoms with Crippen LogP contribution in [0.25, 0.3) is 0 Å². The normalized spacial score (nSPS) is 10.6. The van der Waals surface area contributed by atoms with Crippen molar-refractivity contribution in [2.45, 2.75) is 13.3 Å². The molecule has 0 amide bonds. The maximum Gasteiger partial charge on any atom is 0.188 e. The van der Waals surface area contributed by atoms with E-state index in [1.165, 1.54) is 25.3 Å². The third-order valence-electron chi connectivity index (χ3n) is 1.95. The Morgan fingerprint density at radius 1 is 1.53 bits per heavy atom. The molecule has 0 aromatic heterocycles. The first-order valence-electron chi connectivity index (χ1n) is 4.73. The topological polar surface area (TPSA) is 26.3 Å². The lowest BCUT2D eigenvalue weighted by Gasteiger charge is -2.02. The fourth-order valence-electron chi connectivity index (χ4n) is 1.14. The van der Waals surface area contributed by atoms with E-state index in [1.54, 1.807) is 12.1 Å². The first-order chi connectivity index (χ1) is 7.19. The second-order valence-corrected chi connectivity index (χ2v) is 3.02. The van der Waals surface area contributed by atoms with Crippen LogP contribution in [0.15, 0.2) is 30.4 Å². The van der Waals surface area contributed by atoms with Crippen molar-refractivity contribution in [2.24, 2.45) is 0 Å². The Bertz CT molecular complexity index is 383. The number of carbonyl (C=O) groups excluding carboxylic acids is 1. The standard InChI is InChI=1S/C12H13FO2/c1-3-4-5-12(14)10-7-6-9(15-2)8-11(10)13/h4-8H,3H2,1-2H3/b5-4+. The molecule has 0 fully saturated rings. The summed E-state index contributed by atoms with van der Waals surface area (Å²) in [6, 6.07) is 4.19. The monoisotopic (exact) mass is 208 g/mol. The van der Waals surface area contributed by atoms with Gasteiger partial charge in [-0.3, -0.25) is 4.79 Å². The number of ether oxygens (including phenoxy) is 1. The maximum atomic E-state index is 13.4. The lowest BCUT2D eigenvalue weighted by Crippen LogP contribution is -1.99. The predicted molar refractivity (Wildman–Crippen MR) is 56.7 cm³/mol. The van der Waals surface area contributed by atoms with Crippen LogP contribution in [0.2, 0.25) is 0 Å². The number of allylic oxidation sites excluding steroid dienone is 2. The summed E-state index contributed by atoms with van der Waals surface area (Å²) in [6.07, 6.45) is 3.83. The zero-order chi connectivity index (χ0) is 11.3. The van der Waals surface area contributed by atoms with E-state index in [-0.39, 0.29) is 11.3 Å². The van der Waals surface area contributed by atoms with Crippen molar-refractivity contribution in [3.63, 3.8) is 0 Å². The van der Waals surface area contributed by atoms with E-state index in [0.717, 1.165) is 6.42 Å². The summed E-state index contributed by atoms with van der Waals surface area (Å²) < 4.78 is 18.2. The van der Waals surface area contributed by atoms with E-state index in [2.05, 4.69) is 0 Å². The van der Waals surface area contributed by atoms with Gasteiger partial charge in [0.1, 0.15) is 11.6 Å². The average molecular weight is 208 g/mol. The van der Waals surface area contributed by atoms with Crippen molar-refractivity contribution in [3.05, 3.63) is 41.7 Å². The molecule has 1 aromatic carbocycles. The molecule has 0 saturated heterocycles. The molecule has 0 saturated carbocycles. The minimum Gasteiger partial charge on any atom is -0.497 e. The largest absolute Gasteiger partial charge is 0.497 e. The molecule has 1 rings (SSSR count). The molecule has 0 radical (unpaired) electrons. The van der Waals surface area contributed by atoms with E-state index in [9.17, 15) is 9.18 Å². The molecule has 0 unspecified atom stereocenters. The maximum absolute atomic E-state index is 13.4. The molecule has 0 aliphatic heterocycles. The van der Waals surface area contributed by atoms with Gasteiger partial charge in [0.2, 0.25) is 0 Å². The summed E-state index contributed by atoms with van der Waals surface area (Å²) in [5.41, 5.74) is 0.0699. The highest BCUT2D eigenvalue weighted by Gasteiger charge is 2.09. The second kappa shape index (κ2) is 5.29. The van der Waals surface area contributed by atoms with E-state index >= 15 is 0 Å². The van der Waals surface area contributed by atoms with Gasteiger partial charge in [0.15, 0.2) is 5.78 Å². The summed E-state index contributed by atoms with van der Waals surface area (Å²) >= 11 is 0. The van der Waals surface area contributed by atoms with Gasteiger partial charge in [-0.1, -0.05) is 13.0 Å². The van der Waals surface area contributed by atoms with Crippen LogP contribution in [0, 0.1) is 5.82 Å². The molecule has 3 heteroatoms. The van der Waals surface area contributed by atoms with Crippen molar-refractivity contribution >= 4 is 5.78 Å². The number of methoxy groups -OCH3 is 1. The SMILES string of the molecule is CC/C=C/C(=O)c1ccc(OC)cc1F. The number of rotatable bonds is 4. The molecule has 0 aliphatic carbocycles. The molecule has 2 nitrogen and oxygen atoms in total. The van der Waals surface area contributed by atoms with Gasteiger partial charge in [-0.05, 0) is 24.6 Å². The van der Waals surface area contributed by atoms with E-state index < -0.39 is 5.82 Å². The van der Waals surface area contributed by atoms with Crippen molar-refractivity contribution < 1.29 is 13.9 Å². The number of halogens is 1. The minimum atomic E-state index is -0.555. The zero-order valence-electron chi connectivity index (χ0n) is 8.79. The van der Waals surface area contributed by atoms with Gasteiger partial charge in [-0.15, -0.1) is 0 Å². The summed E-state index contributed by atoms with van der Waals surface area (Å²) in [5, 5.41) is 0. The Hall–Kier alpha value is -1.64. The molecule has 0 N–H and O–H groups in total. The summed E-state index contributed by atoms with van der Waals surface area (Å²) in [4.78, 5) is 11.5. The highest BCUT2D eigenvalue weighted by Crippen LogP contribution is 2.16. The Morgan fingerprint density at radius 2 is 2.27 bits per heavy atom. The number of benzene rings is 1. The van der Waals surface area contributed by atoms with Gasteiger partial charge in [-0.25, -0.2) is 4.39 Å². The Kier molecular flexibility index (Phi) is 4.03. The zero-order valence-corrected chi connectivity index (χ0v) is 8.79. The molecule has 80 valence electrons. The van der Waals surface area contributed by atoms with Crippen LogP contribution in [0.4, 0.5) is 4.39 Å². The molecule has 0 bridgehead atoms. The van der Waals surface area contributed by atoms with Gasteiger partial charge < -0.3 is 4.74 Å². The third kappa shape index (κ3) is 2.91. The minimum absolute atomic E-state index is 0.0699. The molecule has 0 spiro atoms. The number of carbonyl (C=O) groups is 1. The Labute approximate surface area is 88.4 Å². The second-order valence-electron chi connectivity index (χ2n) is 3.02. The van der Waals surface area contributed by atoms with Gasteiger partial charge in [0.25, 0.3) is 0 Å². The van der Waals surface area contributed by atoms with Crippen LogP contribution in [-0.2, 0) is 0 Å². The van der Waals surface area contributed by atoms with Crippen LogP contribution in [0.5, 0.6) is 5.75 Å². The summed E-state index contributed by atoms with van der Waals surface area (Å²) in [6.45, 7) is 1.91. The lowest BCUT2D eigenvalue weighted by atomic mass is 10.1. The highest BCUT2D eigenvalue weighted by molar-refractivity contribution is 6.04. The average Bonchev–Trinajstić information content (AvgIpc) is 2.25. The summed E-state index contributed by atoms with van der Waals surface area (Å²) in [7, 11) is 1.45. The fraction of sp³-hybridized carbons (Fsp3) is 0.250. The number of ketones is 1. The smallest absolute Gasteiger partial charge is 0.188 e. The molecule has 1 aromatic rings. The van der Waals surface area contributed by atoms with Crippen LogP contribution >= 0.6 is 0 Å². The van der Waals surface area contributed by atoms with Gasteiger partial charge in [0.05, 0.1) is 12.7 Å². The van der Waals surface area contributed by atoms with Gasteiger partial charge >= 0.3 is 0 Å². The first-order valence-corrected chi connectivity index (χ1v) is 4.73. The number of hydrogen-bond acceptors (Lipinski definition) is 2. The Balaban J connectivity index is 2.95. The van der Waals surface area contributed by atoms with Gasteiger partial charge in [0, 0.05) is 6.07 Å². The Morgan fingerprint density at radius 3 is 2.80 bits per heavy atom. The van der Waals surface area contributed by atoms with Crippen LogP contribution < -0.4 is 4.74 Å². The molecule has 0 heterocycles. The van der Waals surface area contributed by atoms with E-state index in [4.69, 9.17) is 4.74 Å². The highest BCUT2D eigenvalue weighted by atomic mass is 19.1. The van der Waals surface area contributed by atoms with Crippen LogP contribution in [-0.4, -0.2) is 12.9 Å². The van der Waals surface area contributed by atoms with E-state index in [0.29, 0.717) is 5.75 Å². The summed E-state index contributed by atoms with van der Waals surface area (Å²) in [5.74, 6) is -0.472. The molecular formula is C12H13FO2. The molecule has 15 heavy (non-hydrogen) atoms. The van der Waals surface area contributed by atoms with E-state index in [1.807, 2.05) is 6.92 Å². The van der Waals surface area contributed by atoms with Crippen molar-refractivity contribution in [2.75, 3.05) is 7.11 Å². The lowest BCUT2D eigenvalue weighted by molar-refractivity contribution is 0.104. The quantitative estimate of drug-likeness (QED) is 0.561. The predicted octanol–water partition coefficient (Wildman–Crippen LogP) is 2.98. The molecular weight excluding hydrogens is 195 g/mol. The van der Waals surface area contributed by atoms with Crippen LogP contribution in [0.3, 0.4) is 0 Å². The first kappa shape index (κ1) is 11.4. The van der Waals surface area contributed by atoms with Crippen molar-refractivity contribution in [1.82, 2.24) is 0 Å². The number of hydrogen-bond donors (Lipinski definition) is 0. The van der Waals surface area contributed by atoms with Gasteiger partial charge in [-0.2, -0.15) is 0 Å². The molecule has 0 atom stereocenters.